The highest BCUT2D eigenvalue weighted by Gasteiger charge is 2.17. The van der Waals surface area contributed by atoms with E-state index in [0.29, 0.717) is 6.54 Å². The first-order chi connectivity index (χ1) is 8.57. The molecule has 1 amide bonds. The molecule has 1 rings (SSSR count). The molecule has 0 atom stereocenters. The molecule has 0 aliphatic heterocycles. The molecule has 0 aromatic heterocycles. The Hall–Kier alpha value is -1.75. The minimum atomic E-state index is -0.385. The van der Waals surface area contributed by atoms with Crippen LogP contribution in [0.4, 0.5) is 0 Å². The Balaban J connectivity index is 2.60. The molecule has 5 nitrogen and oxygen atoms in total. The Kier molecular flexibility index (Phi) is 5.45. The average Bonchev–Trinajstić information content (AvgIpc) is 2.37. The van der Waals surface area contributed by atoms with Gasteiger partial charge in [-0.1, -0.05) is 6.07 Å². The lowest BCUT2D eigenvalue weighted by molar-refractivity contribution is 0.0788. The van der Waals surface area contributed by atoms with E-state index >= 15 is 0 Å². The van der Waals surface area contributed by atoms with E-state index in [1.165, 1.54) is 23.1 Å². The number of carbonyl (C=O) groups is 1. The van der Waals surface area contributed by atoms with Gasteiger partial charge in [0.05, 0.1) is 5.56 Å². The van der Waals surface area contributed by atoms with Crippen LogP contribution in [0.15, 0.2) is 18.2 Å². The molecule has 1 aromatic rings. The van der Waals surface area contributed by atoms with Crippen LogP contribution in [0.25, 0.3) is 0 Å². The molecule has 0 radical (unpaired) electrons. The standard InChI is InChI=1S/C13H19NO4/c1-14(8-3-2-4-9-15)13(18)10-6-5-7-11(16)12(10)17/h5-7,15-17H,2-4,8-9H2,1H3. The van der Waals surface area contributed by atoms with Crippen LogP contribution in [-0.2, 0) is 0 Å². The fourth-order valence-corrected chi connectivity index (χ4v) is 1.65. The van der Waals surface area contributed by atoms with Gasteiger partial charge in [0.25, 0.3) is 5.91 Å². The molecule has 0 saturated heterocycles. The SMILES string of the molecule is CN(CCCCCO)C(=O)c1cccc(O)c1O. The monoisotopic (exact) mass is 253 g/mol. The summed E-state index contributed by atoms with van der Waals surface area (Å²) in [6.07, 6.45) is 2.36. The molecule has 0 aliphatic carbocycles. The molecule has 0 heterocycles. The predicted octanol–water partition coefficient (Wildman–Crippen LogP) is 1.33. The van der Waals surface area contributed by atoms with Gasteiger partial charge in [-0.3, -0.25) is 4.79 Å². The van der Waals surface area contributed by atoms with Crippen molar-refractivity contribution >= 4 is 5.91 Å². The van der Waals surface area contributed by atoms with Gasteiger partial charge >= 0.3 is 0 Å². The fourth-order valence-electron chi connectivity index (χ4n) is 1.65. The molecule has 0 saturated carbocycles. The molecule has 5 heteroatoms. The number of phenolic OH excluding ortho intramolecular Hbond substituents is 2. The lowest BCUT2D eigenvalue weighted by Crippen LogP contribution is -2.27. The Morgan fingerprint density at radius 3 is 2.61 bits per heavy atom. The zero-order chi connectivity index (χ0) is 13.5. The summed E-state index contributed by atoms with van der Waals surface area (Å²) in [6.45, 7) is 0.707. The summed E-state index contributed by atoms with van der Waals surface area (Å²) in [5.74, 6) is -1.01. The topological polar surface area (TPSA) is 81.0 Å². The summed E-state index contributed by atoms with van der Waals surface area (Å²) in [5, 5.41) is 27.6. The summed E-state index contributed by atoms with van der Waals surface area (Å²) in [4.78, 5) is 13.5. The van der Waals surface area contributed by atoms with Gasteiger partial charge in [-0.25, -0.2) is 0 Å². The Bertz CT molecular complexity index is 406. The quantitative estimate of drug-likeness (QED) is 0.528. The van der Waals surface area contributed by atoms with Crippen LogP contribution >= 0.6 is 0 Å². The predicted molar refractivity (Wildman–Crippen MR) is 67.7 cm³/mol. The lowest BCUT2D eigenvalue weighted by atomic mass is 10.1. The number of hydrogen-bond donors (Lipinski definition) is 3. The van der Waals surface area contributed by atoms with Crippen molar-refractivity contribution in [2.24, 2.45) is 0 Å². The van der Waals surface area contributed by atoms with Crippen LogP contribution in [0.3, 0.4) is 0 Å². The molecular formula is C13H19NO4. The maximum absolute atomic E-state index is 12.0. The van der Waals surface area contributed by atoms with Crippen LogP contribution in [0, 0.1) is 0 Å². The normalized spacial score (nSPS) is 10.3. The van der Waals surface area contributed by atoms with E-state index in [2.05, 4.69) is 0 Å². The number of benzene rings is 1. The second kappa shape index (κ2) is 6.86. The molecule has 0 spiro atoms. The van der Waals surface area contributed by atoms with Gasteiger partial charge < -0.3 is 20.2 Å². The molecule has 0 unspecified atom stereocenters. The maximum Gasteiger partial charge on any atom is 0.257 e. The van der Waals surface area contributed by atoms with E-state index in [4.69, 9.17) is 5.11 Å². The molecule has 100 valence electrons. The molecule has 18 heavy (non-hydrogen) atoms. The summed E-state index contributed by atoms with van der Waals surface area (Å²) in [5.41, 5.74) is 0.0969. The molecule has 1 aromatic carbocycles. The first-order valence-electron chi connectivity index (χ1n) is 5.95. The minimum Gasteiger partial charge on any atom is -0.504 e. The maximum atomic E-state index is 12.0. The number of aromatic hydroxyl groups is 2. The van der Waals surface area contributed by atoms with Gasteiger partial charge in [-0.2, -0.15) is 0 Å². The van der Waals surface area contributed by atoms with E-state index in [-0.39, 0.29) is 29.6 Å². The van der Waals surface area contributed by atoms with Gasteiger partial charge in [0, 0.05) is 20.2 Å². The molecule has 0 bridgehead atoms. The number of phenols is 2. The van der Waals surface area contributed by atoms with Crippen LogP contribution < -0.4 is 0 Å². The largest absolute Gasteiger partial charge is 0.504 e. The molecular weight excluding hydrogens is 234 g/mol. The highest BCUT2D eigenvalue weighted by atomic mass is 16.3. The van der Waals surface area contributed by atoms with Crippen molar-refractivity contribution in [3.8, 4) is 11.5 Å². The van der Waals surface area contributed by atoms with Gasteiger partial charge in [0.1, 0.15) is 0 Å². The number of carbonyl (C=O) groups excluding carboxylic acids is 1. The van der Waals surface area contributed by atoms with Gasteiger partial charge in [0.15, 0.2) is 11.5 Å². The lowest BCUT2D eigenvalue weighted by Gasteiger charge is -2.17. The second-order valence-corrected chi connectivity index (χ2v) is 4.18. The number of nitrogens with zero attached hydrogens (tertiary/aromatic N) is 1. The van der Waals surface area contributed by atoms with E-state index in [1.807, 2.05) is 0 Å². The highest BCUT2D eigenvalue weighted by Crippen LogP contribution is 2.28. The van der Waals surface area contributed by atoms with Crippen molar-refractivity contribution in [3.63, 3.8) is 0 Å². The molecule has 0 aliphatic rings. The third-order valence-corrected chi connectivity index (χ3v) is 2.74. The Labute approximate surface area is 106 Å². The Morgan fingerprint density at radius 2 is 1.94 bits per heavy atom. The van der Waals surface area contributed by atoms with E-state index in [1.54, 1.807) is 7.05 Å². The average molecular weight is 253 g/mol. The zero-order valence-corrected chi connectivity index (χ0v) is 10.5. The number of para-hydroxylation sites is 1. The minimum absolute atomic E-state index is 0.0969. The third-order valence-electron chi connectivity index (χ3n) is 2.74. The molecule has 0 fully saturated rings. The van der Waals surface area contributed by atoms with E-state index in [0.717, 1.165) is 19.3 Å². The van der Waals surface area contributed by atoms with Crippen LogP contribution in [-0.4, -0.2) is 46.3 Å². The number of unbranched alkanes of at least 4 members (excludes halogenated alkanes) is 2. The van der Waals surface area contributed by atoms with Crippen LogP contribution in [0.1, 0.15) is 29.6 Å². The smallest absolute Gasteiger partial charge is 0.257 e. The first kappa shape index (κ1) is 14.3. The van der Waals surface area contributed by atoms with Gasteiger partial charge in [-0.05, 0) is 31.4 Å². The first-order valence-corrected chi connectivity index (χ1v) is 5.95. The summed E-state index contributed by atoms with van der Waals surface area (Å²) in [6, 6.07) is 4.32. The van der Waals surface area contributed by atoms with Crippen molar-refractivity contribution in [3.05, 3.63) is 23.8 Å². The number of amides is 1. The molecule has 3 N–H and O–H groups in total. The number of hydrogen-bond acceptors (Lipinski definition) is 4. The van der Waals surface area contributed by atoms with Crippen molar-refractivity contribution < 1.29 is 20.1 Å². The number of aliphatic hydroxyl groups is 1. The fraction of sp³-hybridized carbons (Fsp3) is 0.462. The summed E-state index contributed by atoms with van der Waals surface area (Å²) in [7, 11) is 1.64. The number of rotatable bonds is 6. The van der Waals surface area contributed by atoms with Crippen molar-refractivity contribution in [2.45, 2.75) is 19.3 Å². The van der Waals surface area contributed by atoms with Gasteiger partial charge in [-0.15, -0.1) is 0 Å². The highest BCUT2D eigenvalue weighted by molar-refractivity contribution is 5.97. The Morgan fingerprint density at radius 1 is 1.22 bits per heavy atom. The number of aliphatic hydroxyl groups excluding tert-OH is 1. The van der Waals surface area contributed by atoms with Crippen molar-refractivity contribution in [2.75, 3.05) is 20.2 Å². The summed E-state index contributed by atoms with van der Waals surface area (Å²) >= 11 is 0. The van der Waals surface area contributed by atoms with Crippen molar-refractivity contribution in [1.82, 2.24) is 4.90 Å². The summed E-state index contributed by atoms with van der Waals surface area (Å²) < 4.78 is 0. The van der Waals surface area contributed by atoms with Crippen LogP contribution in [0.5, 0.6) is 11.5 Å². The van der Waals surface area contributed by atoms with Crippen molar-refractivity contribution in [1.29, 1.82) is 0 Å². The zero-order valence-electron chi connectivity index (χ0n) is 10.5. The van der Waals surface area contributed by atoms with E-state index in [9.17, 15) is 15.0 Å². The van der Waals surface area contributed by atoms with Gasteiger partial charge in [0.2, 0.25) is 0 Å². The van der Waals surface area contributed by atoms with Crippen LogP contribution in [0.2, 0.25) is 0 Å². The second-order valence-electron chi connectivity index (χ2n) is 4.18. The van der Waals surface area contributed by atoms with E-state index < -0.39 is 0 Å². The third kappa shape index (κ3) is 3.63.